The lowest BCUT2D eigenvalue weighted by Gasteiger charge is -2.28. The second kappa shape index (κ2) is 12.2. The Kier molecular flexibility index (Phi) is 9.01. The molecule has 0 fully saturated rings. The number of likely N-dealkylation sites (N-methyl/N-ethyl adjacent to an activating group) is 1. The minimum absolute atomic E-state index is 0.00277. The van der Waals surface area contributed by atoms with Crippen LogP contribution in [0.3, 0.4) is 0 Å². The highest BCUT2D eigenvalue weighted by atomic mass is 19.2. The van der Waals surface area contributed by atoms with Gasteiger partial charge in [0.15, 0.2) is 0 Å². The number of hydrogen-bond donors (Lipinski definition) is 2. The van der Waals surface area contributed by atoms with E-state index in [4.69, 9.17) is 10.5 Å². The van der Waals surface area contributed by atoms with Crippen molar-refractivity contribution in [2.75, 3.05) is 39.0 Å². The lowest BCUT2D eigenvalue weighted by Crippen LogP contribution is -2.38. The molecule has 180 valence electrons. The van der Waals surface area contributed by atoms with Crippen molar-refractivity contribution in [1.82, 2.24) is 10.2 Å². The smallest absolute Gasteiger partial charge is 0.248 e. The van der Waals surface area contributed by atoms with Crippen molar-refractivity contribution in [3.8, 4) is 0 Å². The quantitative estimate of drug-likeness (QED) is 0.315. The molecule has 3 N–H and O–H groups in total. The number of halogens is 1. The topological polar surface area (TPSA) is 70.8 Å². The van der Waals surface area contributed by atoms with Gasteiger partial charge in [0, 0.05) is 39.3 Å². The van der Waals surface area contributed by atoms with E-state index < -0.39 is 6.04 Å². The zero-order valence-electron chi connectivity index (χ0n) is 19.8. The maximum Gasteiger partial charge on any atom is 0.248 e. The van der Waals surface area contributed by atoms with Crippen LogP contribution < -0.4 is 16.2 Å². The van der Waals surface area contributed by atoms with Crippen LogP contribution in [0.2, 0.25) is 0 Å². The second-order valence-corrected chi connectivity index (χ2v) is 8.38. The number of nitrogens with zero attached hydrogens (tertiary/aromatic N) is 2. The molecule has 1 amide bonds. The molecule has 3 aromatic carbocycles. The van der Waals surface area contributed by atoms with Gasteiger partial charge in [0.1, 0.15) is 12.6 Å². The molecule has 0 radical (unpaired) electrons. The van der Waals surface area contributed by atoms with E-state index in [1.54, 1.807) is 32.3 Å². The highest BCUT2D eigenvalue weighted by molar-refractivity contribution is 5.83. The summed E-state index contributed by atoms with van der Waals surface area (Å²) < 4.78 is 21.2. The first-order valence-electron chi connectivity index (χ1n) is 11.3. The van der Waals surface area contributed by atoms with E-state index in [1.165, 1.54) is 4.90 Å². The maximum absolute atomic E-state index is 15.7. The van der Waals surface area contributed by atoms with Crippen LogP contribution >= 0.6 is 0 Å². The van der Waals surface area contributed by atoms with E-state index >= 15 is 4.48 Å². The van der Waals surface area contributed by atoms with Crippen LogP contribution in [0.5, 0.6) is 0 Å². The first kappa shape index (κ1) is 25.2. The lowest BCUT2D eigenvalue weighted by atomic mass is 9.99. The van der Waals surface area contributed by atoms with E-state index in [0.29, 0.717) is 37.5 Å². The standard InChI is InChI=1S/C27H33FN4O2/c1-20(30-13-14-34-19-27(33)31(2)3)26(32(28)25-10-6-7-22(16-25)18-29)17-21-11-12-23-8-4-5-9-24(23)15-21/h4-12,15-16,26,30H,1,13-14,17-19,29H2,2-3H3/t26-/m1/s1. The maximum atomic E-state index is 15.7. The fraction of sp³-hybridized carbons (Fsp3) is 0.296. The number of hydrogen-bond acceptors (Lipinski definition) is 5. The third kappa shape index (κ3) is 6.79. The van der Waals surface area contributed by atoms with E-state index in [1.807, 2.05) is 36.4 Å². The highest BCUT2D eigenvalue weighted by Gasteiger charge is 2.23. The molecule has 0 aromatic heterocycles. The van der Waals surface area contributed by atoms with Crippen LogP contribution in [-0.4, -0.2) is 50.7 Å². The Balaban J connectivity index is 1.73. The predicted octanol–water partition coefficient (Wildman–Crippen LogP) is 3.81. The number of benzene rings is 3. The van der Waals surface area contributed by atoms with Gasteiger partial charge in [-0.3, -0.25) is 4.79 Å². The number of amides is 1. The normalized spacial score (nSPS) is 11.8. The third-order valence-electron chi connectivity index (χ3n) is 5.63. The summed E-state index contributed by atoms with van der Waals surface area (Å²) in [4.78, 5) is 13.1. The van der Waals surface area contributed by atoms with Gasteiger partial charge in [0.05, 0.1) is 12.3 Å². The molecule has 0 saturated heterocycles. The fourth-order valence-corrected chi connectivity index (χ4v) is 3.62. The third-order valence-corrected chi connectivity index (χ3v) is 5.63. The molecule has 0 saturated carbocycles. The zero-order valence-corrected chi connectivity index (χ0v) is 19.8. The van der Waals surface area contributed by atoms with Crippen molar-refractivity contribution < 1.29 is 14.0 Å². The number of anilines is 1. The van der Waals surface area contributed by atoms with Crippen LogP contribution in [-0.2, 0) is 22.5 Å². The summed E-state index contributed by atoms with van der Waals surface area (Å²) in [5.41, 5.74) is 8.55. The second-order valence-electron chi connectivity index (χ2n) is 8.38. The number of nitrogens with one attached hydrogen (secondary N) is 1. The van der Waals surface area contributed by atoms with E-state index in [0.717, 1.165) is 27.0 Å². The van der Waals surface area contributed by atoms with Crippen LogP contribution in [0.4, 0.5) is 10.2 Å². The van der Waals surface area contributed by atoms with Crippen molar-refractivity contribution in [3.05, 3.63) is 90.1 Å². The summed E-state index contributed by atoms with van der Waals surface area (Å²) >= 11 is 0. The van der Waals surface area contributed by atoms with Crippen LogP contribution in [0.25, 0.3) is 10.8 Å². The Hall–Kier alpha value is -3.42. The largest absolute Gasteiger partial charge is 0.385 e. The zero-order chi connectivity index (χ0) is 24.5. The molecule has 0 aliphatic heterocycles. The Bertz CT molecular complexity index is 1120. The summed E-state index contributed by atoms with van der Waals surface area (Å²) in [7, 11) is 3.36. The summed E-state index contributed by atoms with van der Waals surface area (Å²) in [5.74, 6) is -0.109. The van der Waals surface area contributed by atoms with E-state index in [2.05, 4.69) is 24.0 Å². The minimum Gasteiger partial charge on any atom is -0.385 e. The number of rotatable bonds is 12. The summed E-state index contributed by atoms with van der Waals surface area (Å²) in [6, 6.07) is 20.7. The van der Waals surface area contributed by atoms with Crippen LogP contribution in [0.1, 0.15) is 11.1 Å². The Morgan fingerprint density at radius 2 is 1.82 bits per heavy atom. The minimum atomic E-state index is -0.655. The predicted molar refractivity (Wildman–Crippen MR) is 136 cm³/mol. The van der Waals surface area contributed by atoms with Gasteiger partial charge < -0.3 is 20.7 Å². The van der Waals surface area contributed by atoms with Crippen molar-refractivity contribution >= 4 is 22.4 Å². The Labute approximate surface area is 200 Å². The average Bonchev–Trinajstić information content (AvgIpc) is 2.86. The van der Waals surface area contributed by atoms with Crippen molar-refractivity contribution in [3.63, 3.8) is 0 Å². The molecule has 7 heteroatoms. The molecule has 3 rings (SSSR count). The molecule has 34 heavy (non-hydrogen) atoms. The van der Waals surface area contributed by atoms with Crippen molar-refractivity contribution in [2.24, 2.45) is 5.73 Å². The molecule has 0 aliphatic carbocycles. The number of fused-ring (bicyclic) bond motifs is 1. The molecular weight excluding hydrogens is 431 g/mol. The Morgan fingerprint density at radius 1 is 1.06 bits per heavy atom. The van der Waals surface area contributed by atoms with Crippen LogP contribution in [0, 0.1) is 0 Å². The first-order valence-corrected chi connectivity index (χ1v) is 11.3. The summed E-state index contributed by atoms with van der Waals surface area (Å²) in [6.07, 6.45) is 0.417. The molecule has 1 atom stereocenters. The van der Waals surface area contributed by atoms with Crippen LogP contribution in [0.15, 0.2) is 79.0 Å². The first-order chi connectivity index (χ1) is 16.4. The monoisotopic (exact) mass is 464 g/mol. The molecule has 0 bridgehead atoms. The van der Waals surface area contributed by atoms with Gasteiger partial charge in [0.25, 0.3) is 0 Å². The van der Waals surface area contributed by atoms with Gasteiger partial charge in [-0.1, -0.05) is 65.7 Å². The van der Waals surface area contributed by atoms with Gasteiger partial charge in [-0.05, 0) is 34.0 Å². The van der Waals surface area contributed by atoms with Gasteiger partial charge in [-0.2, -0.15) is 0 Å². The molecule has 0 spiro atoms. The number of carbonyl (C=O) groups excluding carboxylic acids is 1. The number of carbonyl (C=O) groups is 1. The van der Waals surface area contributed by atoms with Gasteiger partial charge in [-0.25, -0.2) is 5.12 Å². The summed E-state index contributed by atoms with van der Waals surface area (Å²) in [6.45, 7) is 5.16. The molecule has 6 nitrogen and oxygen atoms in total. The molecule has 0 aliphatic rings. The Morgan fingerprint density at radius 3 is 2.56 bits per heavy atom. The summed E-state index contributed by atoms with van der Waals surface area (Å²) in [5, 5.41) is 6.15. The molecular formula is C27H33FN4O2. The van der Waals surface area contributed by atoms with Crippen molar-refractivity contribution in [2.45, 2.75) is 19.0 Å². The lowest BCUT2D eigenvalue weighted by molar-refractivity contribution is -0.133. The van der Waals surface area contributed by atoms with Crippen molar-refractivity contribution in [1.29, 1.82) is 0 Å². The molecule has 3 aromatic rings. The highest BCUT2D eigenvalue weighted by Crippen LogP contribution is 2.25. The molecule has 0 unspecified atom stereocenters. The van der Waals surface area contributed by atoms with E-state index in [9.17, 15) is 4.79 Å². The number of nitrogens with two attached hydrogens (primary N) is 1. The molecule has 0 heterocycles. The fourth-order valence-electron chi connectivity index (χ4n) is 3.62. The average molecular weight is 465 g/mol. The van der Waals surface area contributed by atoms with Gasteiger partial charge in [-0.15, -0.1) is 0 Å². The van der Waals surface area contributed by atoms with Gasteiger partial charge in [0.2, 0.25) is 5.91 Å². The SMILES string of the molecule is C=C(NCCOCC(=O)N(C)C)[C@@H](Cc1ccc2ccccc2c1)N(F)c1cccc(CN)c1. The van der Waals surface area contributed by atoms with Gasteiger partial charge >= 0.3 is 0 Å². The van der Waals surface area contributed by atoms with E-state index in [-0.39, 0.29) is 12.5 Å². The number of ether oxygens (including phenoxy) is 1.